The van der Waals surface area contributed by atoms with Gasteiger partial charge in [0, 0.05) is 6.54 Å². The molecule has 3 N–H and O–H groups in total. The summed E-state index contributed by atoms with van der Waals surface area (Å²) in [7, 11) is 1.30. The van der Waals surface area contributed by atoms with E-state index in [4.69, 9.17) is 10.5 Å². The summed E-state index contributed by atoms with van der Waals surface area (Å²) in [5.74, 6) is -0.130. The van der Waals surface area contributed by atoms with Crippen LogP contribution in [0.25, 0.3) is 0 Å². The minimum absolute atomic E-state index is 0.147. The average Bonchev–Trinajstić information content (AvgIpc) is 2.42. The highest BCUT2D eigenvalue weighted by Crippen LogP contribution is 2.13. The second-order valence-electron chi connectivity index (χ2n) is 4.02. The summed E-state index contributed by atoms with van der Waals surface area (Å²) >= 11 is 0. The van der Waals surface area contributed by atoms with Gasteiger partial charge in [0.2, 0.25) is 5.91 Å². The van der Waals surface area contributed by atoms with Crippen LogP contribution in [0.5, 0.6) is 5.75 Å². The summed E-state index contributed by atoms with van der Waals surface area (Å²) in [6.07, 6.45) is 0. The van der Waals surface area contributed by atoms with Gasteiger partial charge in [-0.05, 0) is 24.6 Å². The minimum Gasteiger partial charge on any atom is -0.482 e. The van der Waals surface area contributed by atoms with E-state index in [0.717, 1.165) is 5.56 Å². The molecule has 1 rings (SSSR count). The maximum atomic E-state index is 11.3. The summed E-state index contributed by atoms with van der Waals surface area (Å²) in [5.41, 5.74) is 6.30. The van der Waals surface area contributed by atoms with Crippen molar-refractivity contribution in [1.82, 2.24) is 5.32 Å². The maximum absolute atomic E-state index is 11.3. The standard InChI is InChI=1S/C13H18N2O4/c1-9(14)13(17)15-7-10-4-3-5-11(6-10)19-8-12(16)18-2/h3-6,9H,7-8,14H2,1-2H3,(H,15,17)/t9-/m0/s1. The van der Waals surface area contributed by atoms with Crippen LogP contribution in [0.4, 0.5) is 0 Å². The van der Waals surface area contributed by atoms with Crippen LogP contribution >= 0.6 is 0 Å². The topological polar surface area (TPSA) is 90.6 Å². The van der Waals surface area contributed by atoms with Gasteiger partial charge in [-0.1, -0.05) is 12.1 Å². The number of benzene rings is 1. The summed E-state index contributed by atoms with van der Waals surface area (Å²) in [4.78, 5) is 22.3. The smallest absolute Gasteiger partial charge is 0.343 e. The highest BCUT2D eigenvalue weighted by Gasteiger charge is 2.07. The molecule has 0 saturated carbocycles. The molecule has 0 saturated heterocycles. The molecule has 6 nitrogen and oxygen atoms in total. The Labute approximate surface area is 111 Å². The Morgan fingerprint density at radius 2 is 2.16 bits per heavy atom. The molecule has 1 atom stereocenters. The van der Waals surface area contributed by atoms with Crippen molar-refractivity contribution in [1.29, 1.82) is 0 Å². The fourth-order valence-electron chi connectivity index (χ4n) is 1.30. The number of esters is 1. The molecule has 0 radical (unpaired) electrons. The highest BCUT2D eigenvalue weighted by molar-refractivity contribution is 5.80. The van der Waals surface area contributed by atoms with Crippen LogP contribution in [0.3, 0.4) is 0 Å². The molecule has 0 aromatic heterocycles. The van der Waals surface area contributed by atoms with Crippen molar-refractivity contribution in [2.45, 2.75) is 19.5 Å². The van der Waals surface area contributed by atoms with Crippen LogP contribution in [0.15, 0.2) is 24.3 Å². The first-order valence-electron chi connectivity index (χ1n) is 5.84. The van der Waals surface area contributed by atoms with Gasteiger partial charge in [-0.15, -0.1) is 0 Å². The van der Waals surface area contributed by atoms with Crippen molar-refractivity contribution in [3.63, 3.8) is 0 Å². The molecular formula is C13H18N2O4. The van der Waals surface area contributed by atoms with E-state index in [9.17, 15) is 9.59 Å². The van der Waals surface area contributed by atoms with E-state index >= 15 is 0 Å². The summed E-state index contributed by atoms with van der Waals surface area (Å²) in [5, 5.41) is 2.69. The molecule has 0 aliphatic rings. The quantitative estimate of drug-likeness (QED) is 0.718. The number of nitrogens with two attached hydrogens (primary N) is 1. The number of hydrogen-bond donors (Lipinski definition) is 2. The number of ether oxygens (including phenoxy) is 2. The molecule has 1 amide bonds. The molecular weight excluding hydrogens is 248 g/mol. The zero-order valence-electron chi connectivity index (χ0n) is 11.0. The van der Waals surface area contributed by atoms with E-state index in [1.54, 1.807) is 25.1 Å². The Bertz CT molecular complexity index is 446. The third-order valence-corrected chi connectivity index (χ3v) is 2.36. The summed E-state index contributed by atoms with van der Waals surface area (Å²) in [6.45, 7) is 1.83. The van der Waals surface area contributed by atoms with Gasteiger partial charge in [0.05, 0.1) is 13.2 Å². The first-order valence-corrected chi connectivity index (χ1v) is 5.84. The Morgan fingerprint density at radius 3 is 2.79 bits per heavy atom. The molecule has 1 aromatic carbocycles. The van der Waals surface area contributed by atoms with Gasteiger partial charge < -0.3 is 20.5 Å². The fourth-order valence-corrected chi connectivity index (χ4v) is 1.30. The lowest BCUT2D eigenvalue weighted by Crippen LogP contribution is -2.37. The van der Waals surface area contributed by atoms with E-state index in [0.29, 0.717) is 12.3 Å². The molecule has 0 heterocycles. The average molecular weight is 266 g/mol. The number of nitrogens with one attached hydrogen (secondary N) is 1. The molecule has 0 aliphatic carbocycles. The van der Waals surface area contributed by atoms with Crippen LogP contribution in [0.2, 0.25) is 0 Å². The molecule has 6 heteroatoms. The molecule has 0 spiro atoms. The minimum atomic E-state index is -0.543. The van der Waals surface area contributed by atoms with Crippen molar-refractivity contribution in [3.05, 3.63) is 29.8 Å². The van der Waals surface area contributed by atoms with Crippen LogP contribution in [0, 0.1) is 0 Å². The predicted octanol–water partition coefficient (Wildman–Crippen LogP) is 0.202. The van der Waals surface area contributed by atoms with Crippen LogP contribution in [-0.2, 0) is 20.9 Å². The van der Waals surface area contributed by atoms with E-state index in [-0.39, 0.29) is 12.5 Å². The number of rotatable bonds is 6. The number of carbonyl (C=O) groups excluding carboxylic acids is 2. The molecule has 0 unspecified atom stereocenters. The van der Waals surface area contributed by atoms with Crippen molar-refractivity contribution in [2.24, 2.45) is 5.73 Å². The van der Waals surface area contributed by atoms with Crippen molar-refractivity contribution < 1.29 is 19.1 Å². The van der Waals surface area contributed by atoms with E-state index in [1.165, 1.54) is 7.11 Å². The van der Waals surface area contributed by atoms with Crippen molar-refractivity contribution >= 4 is 11.9 Å². The predicted molar refractivity (Wildman–Crippen MR) is 69.4 cm³/mol. The van der Waals surface area contributed by atoms with E-state index < -0.39 is 12.0 Å². The number of hydrogen-bond acceptors (Lipinski definition) is 5. The first-order chi connectivity index (χ1) is 9.02. The Morgan fingerprint density at radius 1 is 1.42 bits per heavy atom. The lowest BCUT2D eigenvalue weighted by molar-refractivity contribution is -0.142. The lowest BCUT2D eigenvalue weighted by atomic mass is 10.2. The molecule has 0 fully saturated rings. The zero-order chi connectivity index (χ0) is 14.3. The van der Waals surface area contributed by atoms with Gasteiger partial charge in [-0.25, -0.2) is 4.79 Å². The van der Waals surface area contributed by atoms with Gasteiger partial charge in [0.25, 0.3) is 0 Å². The fraction of sp³-hybridized carbons (Fsp3) is 0.385. The second kappa shape index (κ2) is 7.38. The molecule has 1 aromatic rings. The SMILES string of the molecule is COC(=O)COc1cccc(CNC(=O)[C@H](C)N)c1. The van der Waals surface area contributed by atoms with Gasteiger partial charge >= 0.3 is 5.97 Å². The Balaban J connectivity index is 2.52. The van der Waals surface area contributed by atoms with Crippen LogP contribution in [0.1, 0.15) is 12.5 Å². The number of amides is 1. The van der Waals surface area contributed by atoms with Gasteiger partial charge in [-0.3, -0.25) is 4.79 Å². The molecule has 0 bridgehead atoms. The largest absolute Gasteiger partial charge is 0.482 e. The van der Waals surface area contributed by atoms with Gasteiger partial charge in [0.15, 0.2) is 6.61 Å². The Hall–Kier alpha value is -2.08. The molecule has 104 valence electrons. The Kier molecular flexibility index (Phi) is 5.81. The number of carbonyl (C=O) groups is 2. The third kappa shape index (κ3) is 5.39. The molecule has 19 heavy (non-hydrogen) atoms. The number of methoxy groups -OCH3 is 1. The normalized spacial score (nSPS) is 11.5. The van der Waals surface area contributed by atoms with E-state index in [1.807, 2.05) is 6.07 Å². The highest BCUT2D eigenvalue weighted by atomic mass is 16.6. The second-order valence-corrected chi connectivity index (χ2v) is 4.02. The van der Waals surface area contributed by atoms with E-state index in [2.05, 4.69) is 10.1 Å². The molecule has 0 aliphatic heterocycles. The van der Waals surface area contributed by atoms with Crippen LogP contribution in [-0.4, -0.2) is 31.6 Å². The van der Waals surface area contributed by atoms with Crippen molar-refractivity contribution in [3.8, 4) is 5.75 Å². The lowest BCUT2D eigenvalue weighted by Gasteiger charge is -2.09. The monoisotopic (exact) mass is 266 g/mol. The van der Waals surface area contributed by atoms with Gasteiger partial charge in [0.1, 0.15) is 5.75 Å². The zero-order valence-corrected chi connectivity index (χ0v) is 11.0. The van der Waals surface area contributed by atoms with Crippen LogP contribution < -0.4 is 15.8 Å². The van der Waals surface area contributed by atoms with Crippen molar-refractivity contribution in [2.75, 3.05) is 13.7 Å². The third-order valence-electron chi connectivity index (χ3n) is 2.36. The maximum Gasteiger partial charge on any atom is 0.343 e. The van der Waals surface area contributed by atoms with Gasteiger partial charge in [-0.2, -0.15) is 0 Å². The summed E-state index contributed by atoms with van der Waals surface area (Å²) < 4.78 is 9.71. The summed E-state index contributed by atoms with van der Waals surface area (Å²) in [6, 6.07) is 6.54. The first kappa shape index (κ1) is 15.0.